The normalized spacial score (nSPS) is 15.5. The molecule has 0 amide bonds. The summed E-state index contributed by atoms with van der Waals surface area (Å²) in [5.41, 5.74) is 0.253. The average molecular weight is 389 g/mol. The topological polar surface area (TPSA) is 84.7 Å². The van der Waals surface area contributed by atoms with Crippen LogP contribution in [-0.4, -0.2) is 43.3 Å². The molecule has 0 saturated carbocycles. The molecule has 0 bridgehead atoms. The first-order valence-electron chi connectivity index (χ1n) is 8.74. The average Bonchev–Trinajstić information content (AvgIpc) is 2.61. The van der Waals surface area contributed by atoms with Gasteiger partial charge in [-0.15, -0.1) is 0 Å². The summed E-state index contributed by atoms with van der Waals surface area (Å²) in [6.07, 6.45) is -4.45. The number of alkyl halides is 3. The van der Waals surface area contributed by atoms with Crippen molar-refractivity contribution >= 4 is 23.0 Å². The number of esters is 1. The van der Waals surface area contributed by atoms with Gasteiger partial charge in [0.25, 0.3) is 5.69 Å². The lowest BCUT2D eigenvalue weighted by molar-refractivity contribution is -0.384. The van der Waals surface area contributed by atoms with E-state index < -0.39 is 23.0 Å². The first kappa shape index (κ1) is 20.8. The van der Waals surface area contributed by atoms with Crippen LogP contribution in [0.1, 0.15) is 37.0 Å². The molecule has 10 heteroatoms. The number of benzene rings is 1. The number of hydrogen-bond donors (Lipinski definition) is 1. The first-order chi connectivity index (χ1) is 12.7. The Morgan fingerprint density at radius 3 is 2.44 bits per heavy atom. The van der Waals surface area contributed by atoms with Crippen LogP contribution in [0.25, 0.3) is 0 Å². The number of anilines is 2. The Morgan fingerprint density at radius 1 is 1.33 bits per heavy atom. The van der Waals surface area contributed by atoms with Crippen LogP contribution in [0.2, 0.25) is 0 Å². The maximum Gasteiger partial charge on any atom is 0.391 e. The molecule has 1 aliphatic rings. The highest BCUT2D eigenvalue weighted by Crippen LogP contribution is 2.39. The lowest BCUT2D eigenvalue weighted by Crippen LogP contribution is -2.39. The van der Waals surface area contributed by atoms with Crippen molar-refractivity contribution in [3.63, 3.8) is 0 Å². The van der Waals surface area contributed by atoms with Crippen LogP contribution in [0, 0.1) is 16.0 Å². The van der Waals surface area contributed by atoms with Gasteiger partial charge in [-0.25, -0.2) is 4.79 Å². The van der Waals surface area contributed by atoms with Crippen LogP contribution in [-0.2, 0) is 4.74 Å². The molecule has 0 aliphatic carbocycles. The number of piperidine rings is 1. The number of hydrogen-bond acceptors (Lipinski definition) is 6. The minimum absolute atomic E-state index is 0.0179. The number of halogens is 3. The Bertz CT molecular complexity index is 701. The van der Waals surface area contributed by atoms with E-state index in [0.717, 1.165) is 6.07 Å². The molecule has 27 heavy (non-hydrogen) atoms. The molecule has 0 radical (unpaired) electrons. The van der Waals surface area contributed by atoms with Crippen LogP contribution in [0.3, 0.4) is 0 Å². The van der Waals surface area contributed by atoms with Gasteiger partial charge in [0, 0.05) is 25.7 Å². The standard InChI is InChI=1S/C17H22F3N3O4/c1-3-21-13-10-14(22-7-5-11(6-8-22)17(18,19)20)12(16(24)27-4-2)9-15(13)23(25)26/h9-11,21H,3-8H2,1-2H3. The molecule has 1 aromatic rings. The Hall–Kier alpha value is -2.52. The van der Waals surface area contributed by atoms with Crippen LogP contribution in [0.5, 0.6) is 0 Å². The molecule has 0 spiro atoms. The van der Waals surface area contributed by atoms with Gasteiger partial charge >= 0.3 is 12.1 Å². The highest BCUT2D eigenvalue weighted by atomic mass is 19.4. The third kappa shape index (κ3) is 4.81. The van der Waals surface area contributed by atoms with Gasteiger partial charge in [-0.2, -0.15) is 13.2 Å². The molecule has 1 N–H and O–H groups in total. The van der Waals surface area contributed by atoms with Gasteiger partial charge in [-0.05, 0) is 32.8 Å². The zero-order valence-electron chi connectivity index (χ0n) is 15.1. The van der Waals surface area contributed by atoms with Crippen molar-refractivity contribution in [2.75, 3.05) is 36.5 Å². The summed E-state index contributed by atoms with van der Waals surface area (Å²) in [7, 11) is 0. The molecule has 1 aliphatic heterocycles. The number of rotatable bonds is 6. The molecule has 1 aromatic carbocycles. The summed E-state index contributed by atoms with van der Waals surface area (Å²) in [6.45, 7) is 4.05. The second-order valence-electron chi connectivity index (χ2n) is 6.20. The molecule has 1 heterocycles. The van der Waals surface area contributed by atoms with E-state index in [-0.39, 0.29) is 49.5 Å². The molecule has 0 atom stereocenters. The Labute approximate surface area is 154 Å². The zero-order chi connectivity index (χ0) is 20.2. The summed E-state index contributed by atoms with van der Waals surface area (Å²) in [4.78, 5) is 24.7. The fourth-order valence-corrected chi connectivity index (χ4v) is 3.14. The molecular formula is C17H22F3N3O4. The number of nitro benzene ring substituents is 1. The van der Waals surface area contributed by atoms with Gasteiger partial charge in [0.1, 0.15) is 5.69 Å². The third-order valence-electron chi connectivity index (χ3n) is 4.47. The quantitative estimate of drug-likeness (QED) is 0.450. The number of ether oxygens (including phenoxy) is 1. The monoisotopic (exact) mass is 389 g/mol. The summed E-state index contributed by atoms with van der Waals surface area (Å²) < 4.78 is 43.7. The maximum absolute atomic E-state index is 12.9. The van der Waals surface area contributed by atoms with Crippen molar-refractivity contribution < 1.29 is 27.6 Å². The van der Waals surface area contributed by atoms with E-state index in [1.54, 1.807) is 18.7 Å². The van der Waals surface area contributed by atoms with E-state index in [2.05, 4.69) is 5.32 Å². The second kappa shape index (κ2) is 8.45. The van der Waals surface area contributed by atoms with Crippen molar-refractivity contribution in [3.8, 4) is 0 Å². The van der Waals surface area contributed by atoms with Crippen molar-refractivity contribution in [2.45, 2.75) is 32.9 Å². The van der Waals surface area contributed by atoms with Crippen LogP contribution in [0.4, 0.5) is 30.2 Å². The number of nitrogens with zero attached hydrogens (tertiary/aromatic N) is 2. The van der Waals surface area contributed by atoms with E-state index in [0.29, 0.717) is 12.2 Å². The summed E-state index contributed by atoms with van der Waals surface area (Å²) in [5, 5.41) is 14.2. The Balaban J connectivity index is 2.42. The minimum Gasteiger partial charge on any atom is -0.462 e. The maximum atomic E-state index is 12.9. The van der Waals surface area contributed by atoms with E-state index in [4.69, 9.17) is 4.74 Å². The van der Waals surface area contributed by atoms with Gasteiger partial charge in [-0.1, -0.05) is 0 Å². The molecular weight excluding hydrogens is 367 g/mol. The Morgan fingerprint density at radius 2 is 1.96 bits per heavy atom. The van der Waals surface area contributed by atoms with Gasteiger partial charge in [0.15, 0.2) is 0 Å². The molecule has 150 valence electrons. The van der Waals surface area contributed by atoms with Gasteiger partial charge in [-0.3, -0.25) is 10.1 Å². The predicted molar refractivity (Wildman–Crippen MR) is 94.2 cm³/mol. The van der Waals surface area contributed by atoms with Crippen LogP contribution in [0.15, 0.2) is 12.1 Å². The van der Waals surface area contributed by atoms with Crippen LogP contribution >= 0.6 is 0 Å². The number of carbonyl (C=O) groups excluding carboxylic acids is 1. The van der Waals surface area contributed by atoms with Crippen molar-refractivity contribution in [3.05, 3.63) is 27.8 Å². The first-order valence-corrected chi connectivity index (χ1v) is 8.74. The lowest BCUT2D eigenvalue weighted by Gasteiger charge is -2.35. The smallest absolute Gasteiger partial charge is 0.391 e. The zero-order valence-corrected chi connectivity index (χ0v) is 15.1. The summed E-state index contributed by atoms with van der Waals surface area (Å²) >= 11 is 0. The van der Waals surface area contributed by atoms with E-state index in [1.807, 2.05) is 0 Å². The molecule has 7 nitrogen and oxygen atoms in total. The molecule has 0 unspecified atom stereocenters. The van der Waals surface area contributed by atoms with E-state index >= 15 is 0 Å². The molecule has 1 fully saturated rings. The Kier molecular flexibility index (Phi) is 6.50. The van der Waals surface area contributed by atoms with Crippen LogP contribution < -0.4 is 10.2 Å². The lowest BCUT2D eigenvalue weighted by atomic mass is 9.95. The second-order valence-corrected chi connectivity index (χ2v) is 6.20. The summed E-state index contributed by atoms with van der Waals surface area (Å²) in [5.74, 6) is -2.12. The van der Waals surface area contributed by atoms with Gasteiger partial charge < -0.3 is 15.0 Å². The predicted octanol–water partition coefficient (Wildman–Crippen LogP) is 3.98. The minimum atomic E-state index is -4.25. The largest absolute Gasteiger partial charge is 0.462 e. The number of nitrogens with one attached hydrogen (secondary N) is 1. The van der Waals surface area contributed by atoms with Gasteiger partial charge in [0.05, 0.1) is 28.7 Å². The van der Waals surface area contributed by atoms with Gasteiger partial charge in [0.2, 0.25) is 0 Å². The number of nitro groups is 1. The van der Waals surface area contributed by atoms with Crippen molar-refractivity contribution in [1.29, 1.82) is 0 Å². The van der Waals surface area contributed by atoms with Crippen molar-refractivity contribution in [1.82, 2.24) is 0 Å². The SMILES string of the molecule is CCNc1cc(N2CCC(C(F)(F)F)CC2)c(C(=O)OCC)cc1[N+](=O)[O-]. The van der Waals surface area contributed by atoms with Crippen molar-refractivity contribution in [2.24, 2.45) is 5.92 Å². The fourth-order valence-electron chi connectivity index (χ4n) is 3.14. The van der Waals surface area contributed by atoms with E-state index in [9.17, 15) is 28.1 Å². The number of carbonyl (C=O) groups is 1. The molecule has 2 rings (SSSR count). The third-order valence-corrected chi connectivity index (χ3v) is 4.47. The van der Waals surface area contributed by atoms with E-state index in [1.165, 1.54) is 6.07 Å². The highest BCUT2D eigenvalue weighted by molar-refractivity contribution is 5.98. The summed E-state index contributed by atoms with van der Waals surface area (Å²) in [6, 6.07) is 2.57. The fraction of sp³-hybridized carbons (Fsp3) is 0.588. The molecule has 0 aromatic heterocycles. The molecule has 1 saturated heterocycles. The highest BCUT2D eigenvalue weighted by Gasteiger charge is 2.41.